The molecular weight excluding hydrogens is 690 g/mol. The minimum atomic E-state index is -1.28. The predicted molar refractivity (Wildman–Crippen MR) is 201 cm³/mol. The van der Waals surface area contributed by atoms with Crippen LogP contribution in [0, 0.1) is 0 Å². The molecule has 8 rings (SSSR count). The van der Waals surface area contributed by atoms with E-state index in [1.807, 2.05) is 54.6 Å². The first kappa shape index (κ1) is 35.7. The van der Waals surface area contributed by atoms with Gasteiger partial charge in [0.15, 0.2) is 24.0 Å². The number of methoxy groups -OCH3 is 1. The Balaban J connectivity index is 1.20. The van der Waals surface area contributed by atoms with Crippen molar-refractivity contribution in [3.8, 4) is 17.2 Å². The van der Waals surface area contributed by atoms with E-state index in [2.05, 4.69) is 6.92 Å². The van der Waals surface area contributed by atoms with Gasteiger partial charge >= 0.3 is 6.09 Å². The van der Waals surface area contributed by atoms with E-state index in [4.69, 9.17) is 18.9 Å². The van der Waals surface area contributed by atoms with E-state index in [0.717, 1.165) is 46.9 Å². The van der Waals surface area contributed by atoms with Crippen LogP contribution in [0.3, 0.4) is 0 Å². The van der Waals surface area contributed by atoms with Gasteiger partial charge in [-0.3, -0.25) is 9.59 Å². The van der Waals surface area contributed by atoms with Gasteiger partial charge in [0.1, 0.15) is 17.4 Å². The minimum absolute atomic E-state index is 0.0156. The van der Waals surface area contributed by atoms with Crippen molar-refractivity contribution in [3.05, 3.63) is 89.5 Å². The van der Waals surface area contributed by atoms with Gasteiger partial charge in [-0.15, -0.1) is 0 Å². The van der Waals surface area contributed by atoms with E-state index in [1.165, 1.54) is 7.11 Å². The molecule has 12 nitrogen and oxygen atoms in total. The number of phenolic OH excluding ortho intramolecular Hbond substituents is 1. The summed E-state index contributed by atoms with van der Waals surface area (Å²) < 4.78 is 25.0. The predicted octanol–water partition coefficient (Wildman–Crippen LogP) is 7.58. The fourth-order valence-electron chi connectivity index (χ4n) is 8.65. The number of phenols is 1. The van der Waals surface area contributed by atoms with Crippen molar-refractivity contribution < 1.29 is 43.5 Å². The molecule has 5 atom stereocenters. The number of piperidine rings is 1. The van der Waals surface area contributed by atoms with Crippen LogP contribution in [0.1, 0.15) is 85.4 Å². The maximum absolute atomic E-state index is 14.8. The van der Waals surface area contributed by atoms with Crippen molar-refractivity contribution in [1.82, 2.24) is 4.90 Å². The van der Waals surface area contributed by atoms with Crippen LogP contribution in [0.25, 0.3) is 10.8 Å². The molecule has 4 aromatic carbocycles. The summed E-state index contributed by atoms with van der Waals surface area (Å²) in [4.78, 5) is 47.1. The second-order valence-electron chi connectivity index (χ2n) is 14.5. The first-order valence-corrected chi connectivity index (χ1v) is 18.8. The van der Waals surface area contributed by atoms with Crippen LogP contribution >= 0.6 is 0 Å². The number of hydrogen-bond donors (Lipinski definition) is 2. The number of amides is 3. The second kappa shape index (κ2) is 14.8. The zero-order valence-electron chi connectivity index (χ0n) is 30.5. The highest BCUT2D eigenvalue weighted by atomic mass is 16.7. The molecule has 4 aliphatic heterocycles. The third kappa shape index (κ3) is 6.36. The monoisotopic (exact) mass is 735 g/mol. The van der Waals surface area contributed by atoms with Crippen LogP contribution in [0.4, 0.5) is 16.2 Å². The van der Waals surface area contributed by atoms with E-state index in [9.17, 15) is 24.6 Å². The molecule has 0 aromatic heterocycles. The molecule has 0 spiro atoms. The first-order chi connectivity index (χ1) is 26.2. The number of ether oxygens (including phenoxy) is 4. The normalized spacial score (nSPS) is 22.9. The molecule has 3 amide bonds. The van der Waals surface area contributed by atoms with Gasteiger partial charge in [-0.1, -0.05) is 61.5 Å². The third-order valence-corrected chi connectivity index (χ3v) is 11.2. The summed E-state index contributed by atoms with van der Waals surface area (Å²) in [7, 11) is 1.46. The van der Waals surface area contributed by atoms with Crippen molar-refractivity contribution in [3.63, 3.8) is 0 Å². The molecule has 0 bridgehead atoms. The van der Waals surface area contributed by atoms with E-state index in [1.54, 1.807) is 28.0 Å². The molecule has 4 aliphatic rings. The highest BCUT2D eigenvalue weighted by Gasteiger charge is 2.48. The fraction of sp³-hybridized carbons (Fsp3) is 0.405. The lowest BCUT2D eigenvalue weighted by molar-refractivity contribution is -0.198. The molecule has 0 saturated carbocycles. The molecule has 2 N–H and O–H groups in total. The van der Waals surface area contributed by atoms with Crippen LogP contribution in [-0.4, -0.2) is 78.4 Å². The molecule has 4 aromatic rings. The third-order valence-electron chi connectivity index (χ3n) is 11.2. The van der Waals surface area contributed by atoms with Crippen molar-refractivity contribution in [2.45, 2.75) is 82.5 Å². The van der Waals surface area contributed by atoms with Crippen LogP contribution in [0.2, 0.25) is 0 Å². The van der Waals surface area contributed by atoms with Gasteiger partial charge in [0, 0.05) is 37.1 Å². The Hall–Kier alpha value is -5.33. The molecular formula is C42H45N3O9. The lowest BCUT2D eigenvalue weighted by Crippen LogP contribution is -2.57. The van der Waals surface area contributed by atoms with Gasteiger partial charge in [0.2, 0.25) is 5.91 Å². The van der Waals surface area contributed by atoms with E-state index >= 15 is 0 Å². The number of carbonyl (C=O) groups is 3. The highest BCUT2D eigenvalue weighted by Crippen LogP contribution is 2.48. The average Bonchev–Trinajstić information content (AvgIpc) is 3.48. The lowest BCUT2D eigenvalue weighted by Gasteiger charge is -2.42. The molecule has 54 heavy (non-hydrogen) atoms. The zero-order chi connectivity index (χ0) is 37.5. The summed E-state index contributed by atoms with van der Waals surface area (Å²) in [6.45, 7) is 3.41. The Kier molecular flexibility index (Phi) is 9.80. The lowest BCUT2D eigenvalue weighted by atomic mass is 9.95. The van der Waals surface area contributed by atoms with Crippen molar-refractivity contribution in [2.24, 2.45) is 0 Å². The van der Waals surface area contributed by atoms with Gasteiger partial charge < -0.3 is 39.0 Å². The van der Waals surface area contributed by atoms with Gasteiger partial charge in [-0.05, 0) is 67.2 Å². The molecule has 282 valence electrons. The Bertz CT molecular complexity index is 2070. The van der Waals surface area contributed by atoms with Crippen molar-refractivity contribution in [1.29, 1.82) is 0 Å². The Morgan fingerprint density at radius 1 is 0.944 bits per heavy atom. The Morgan fingerprint density at radius 3 is 2.44 bits per heavy atom. The number of benzene rings is 4. The van der Waals surface area contributed by atoms with Crippen molar-refractivity contribution in [2.75, 3.05) is 36.6 Å². The number of anilines is 2. The molecule has 2 fully saturated rings. The Morgan fingerprint density at radius 2 is 1.70 bits per heavy atom. The highest BCUT2D eigenvalue weighted by molar-refractivity contribution is 6.08. The minimum Gasteiger partial charge on any atom is -0.507 e. The molecule has 2 unspecified atom stereocenters. The molecule has 0 radical (unpaired) electrons. The van der Waals surface area contributed by atoms with Gasteiger partial charge in [0.05, 0.1) is 30.9 Å². The summed E-state index contributed by atoms with van der Waals surface area (Å²) in [6, 6.07) is 21.1. The first-order valence-electron chi connectivity index (χ1n) is 18.8. The maximum atomic E-state index is 14.8. The fourth-order valence-corrected chi connectivity index (χ4v) is 8.65. The van der Waals surface area contributed by atoms with Crippen LogP contribution < -0.4 is 19.3 Å². The molecule has 0 aliphatic carbocycles. The number of nitrogens with zero attached hydrogens (tertiary/aromatic N) is 3. The standard InChI is InChI=1S/C42H45N3O9/c1-25-24-44(31-22-32(46)27-14-6-7-15-28(27)37(25)31)35(47)23-34(26-12-4-3-5-13-26)53-39-33(51-2)19-18-29-38(39)40(48)43-20-10-8-16-30(43)41(45(29)42(49)50)54-36-17-9-11-21-52-36/h3-7,12-15,18-19,22,25,30,34,36,41,46H,8-11,16-17,20-21,23-24H2,1-2H3,(H,49,50)/t25-,30+,34-,36?,41?/m1/s1. The summed E-state index contributed by atoms with van der Waals surface area (Å²) >= 11 is 0. The number of fused-ring (bicyclic) bond motifs is 5. The van der Waals surface area contributed by atoms with Gasteiger partial charge in [-0.25, -0.2) is 9.69 Å². The molecule has 2 saturated heterocycles. The largest absolute Gasteiger partial charge is 0.507 e. The zero-order valence-corrected chi connectivity index (χ0v) is 30.5. The second-order valence-corrected chi connectivity index (χ2v) is 14.5. The van der Waals surface area contributed by atoms with Crippen LogP contribution in [-0.2, 0) is 14.3 Å². The quantitative estimate of drug-likeness (QED) is 0.188. The smallest absolute Gasteiger partial charge is 0.414 e. The van der Waals surface area contributed by atoms with E-state index in [0.29, 0.717) is 43.8 Å². The summed E-state index contributed by atoms with van der Waals surface area (Å²) in [6.07, 6.45) is 0.598. The van der Waals surface area contributed by atoms with Crippen LogP contribution in [0.15, 0.2) is 72.8 Å². The summed E-state index contributed by atoms with van der Waals surface area (Å²) in [5.74, 6) is -0.249. The number of carboxylic acid groups (broad SMARTS) is 1. The number of rotatable bonds is 8. The number of hydrogen-bond acceptors (Lipinski definition) is 8. The topological polar surface area (TPSA) is 138 Å². The summed E-state index contributed by atoms with van der Waals surface area (Å²) in [5.41, 5.74) is 2.47. The average molecular weight is 736 g/mol. The molecule has 4 heterocycles. The van der Waals surface area contributed by atoms with Crippen LogP contribution in [0.5, 0.6) is 17.2 Å². The van der Waals surface area contributed by atoms with Gasteiger partial charge in [-0.2, -0.15) is 0 Å². The number of aromatic hydroxyl groups is 1. The number of carbonyl (C=O) groups excluding carboxylic acids is 2. The Labute approximate surface area is 313 Å². The van der Waals surface area contributed by atoms with Gasteiger partial charge in [0.25, 0.3) is 5.91 Å². The summed E-state index contributed by atoms with van der Waals surface area (Å²) in [5, 5.41) is 23.4. The van der Waals surface area contributed by atoms with E-state index in [-0.39, 0.29) is 46.7 Å². The SMILES string of the molecule is COc1ccc2c(c1O[C@H](CC(=O)N1C[C@@H](C)c3c1cc(O)c1ccccc31)c1ccccc1)C(=O)N1CCCC[C@H]1C(OC1CCCCO1)N2C(=O)O. The van der Waals surface area contributed by atoms with Crippen molar-refractivity contribution >= 4 is 40.1 Å². The van der Waals surface area contributed by atoms with E-state index < -0.39 is 36.7 Å². The maximum Gasteiger partial charge on any atom is 0.414 e. The molecule has 12 heteroatoms.